The van der Waals surface area contributed by atoms with Crippen molar-refractivity contribution in [3.8, 4) is 17.5 Å². The minimum atomic E-state index is -4.54. The van der Waals surface area contributed by atoms with Crippen LogP contribution in [-0.2, 0) is 4.79 Å². The van der Waals surface area contributed by atoms with Crippen LogP contribution in [0.2, 0.25) is 5.02 Å². The minimum Gasteiger partial charge on any atom is -0.358 e. The van der Waals surface area contributed by atoms with Gasteiger partial charge >= 0.3 is 6.18 Å². The third-order valence-electron chi connectivity index (χ3n) is 4.04. The van der Waals surface area contributed by atoms with Crippen LogP contribution in [0.3, 0.4) is 0 Å². The van der Waals surface area contributed by atoms with Crippen molar-refractivity contribution in [3.63, 3.8) is 0 Å². The zero-order valence-corrected chi connectivity index (χ0v) is 16.1. The molecular weight excluding hydrogens is 423 g/mol. The smallest absolute Gasteiger partial charge is 0.358 e. The number of nitriles is 1. The maximum absolute atomic E-state index is 12.4. The van der Waals surface area contributed by atoms with Gasteiger partial charge in [-0.2, -0.15) is 18.4 Å². The van der Waals surface area contributed by atoms with Crippen molar-refractivity contribution in [3.05, 3.63) is 35.7 Å². The van der Waals surface area contributed by atoms with Crippen LogP contribution in [0.15, 0.2) is 30.7 Å². The molecule has 0 radical (unpaired) electrons. The van der Waals surface area contributed by atoms with Crippen molar-refractivity contribution >= 4 is 34.4 Å². The number of nitrogens with one attached hydrogen (secondary N) is 3. The highest BCUT2D eigenvalue weighted by Gasteiger charge is 2.29. The summed E-state index contributed by atoms with van der Waals surface area (Å²) in [4.78, 5) is 27.8. The number of H-pyrrole nitrogens is 1. The van der Waals surface area contributed by atoms with Gasteiger partial charge in [0.05, 0.1) is 11.1 Å². The number of carbonyl (C=O) groups is 1. The predicted octanol–water partition coefficient (Wildman–Crippen LogP) is 4.17. The molecule has 0 aromatic carbocycles. The molecule has 0 aliphatic heterocycles. The number of carbonyl (C=O) groups excluding carboxylic acids is 1. The van der Waals surface area contributed by atoms with Gasteiger partial charge in [0.15, 0.2) is 5.82 Å². The molecule has 1 atom stereocenters. The van der Waals surface area contributed by atoms with Crippen LogP contribution in [-0.4, -0.2) is 44.6 Å². The summed E-state index contributed by atoms with van der Waals surface area (Å²) in [6.45, 7) is -1.46. The predicted molar refractivity (Wildman–Crippen MR) is 110 cm³/mol. The van der Waals surface area contributed by atoms with Crippen molar-refractivity contribution in [2.45, 2.75) is 25.1 Å². The molecule has 12 heteroatoms. The molecule has 0 bridgehead atoms. The maximum Gasteiger partial charge on any atom is 0.405 e. The van der Waals surface area contributed by atoms with Crippen molar-refractivity contribution in [1.29, 1.82) is 5.26 Å². The molecule has 0 unspecified atom stereocenters. The Morgan fingerprint density at radius 2 is 2.20 bits per heavy atom. The van der Waals surface area contributed by atoms with E-state index in [0.29, 0.717) is 27.4 Å². The second-order valence-corrected chi connectivity index (χ2v) is 6.68. The average Bonchev–Trinajstić information content (AvgIpc) is 3.12. The molecule has 3 rings (SSSR count). The molecule has 1 amide bonds. The van der Waals surface area contributed by atoms with Gasteiger partial charge < -0.3 is 15.6 Å². The summed E-state index contributed by atoms with van der Waals surface area (Å²) >= 11 is 6.00. The lowest BCUT2D eigenvalue weighted by atomic mass is 10.1. The topological polar surface area (TPSA) is 119 Å². The Bertz CT molecular complexity index is 1110. The number of anilines is 1. The lowest BCUT2D eigenvalue weighted by molar-refractivity contribution is -0.138. The van der Waals surface area contributed by atoms with E-state index in [0.717, 1.165) is 0 Å². The number of nitrogens with zero attached hydrogens (tertiary/aromatic N) is 4. The van der Waals surface area contributed by atoms with Gasteiger partial charge in [0.1, 0.15) is 24.1 Å². The van der Waals surface area contributed by atoms with E-state index in [1.807, 2.05) is 11.4 Å². The lowest BCUT2D eigenvalue weighted by Gasteiger charge is -2.18. The summed E-state index contributed by atoms with van der Waals surface area (Å²) in [6, 6.07) is 3.96. The molecule has 3 heterocycles. The number of amides is 1. The molecule has 3 N–H and O–H groups in total. The molecule has 0 aliphatic carbocycles. The second kappa shape index (κ2) is 8.96. The van der Waals surface area contributed by atoms with Crippen LogP contribution in [0.4, 0.5) is 19.0 Å². The van der Waals surface area contributed by atoms with E-state index in [4.69, 9.17) is 16.9 Å². The number of hydrogen-bond donors (Lipinski definition) is 3. The van der Waals surface area contributed by atoms with Gasteiger partial charge in [0.2, 0.25) is 5.91 Å². The monoisotopic (exact) mass is 443 g/mol. The molecule has 0 saturated carbocycles. The van der Waals surface area contributed by atoms with Gasteiger partial charge in [-0.3, -0.25) is 4.79 Å². The van der Waals surface area contributed by atoms with Crippen LogP contribution < -0.4 is 10.6 Å². The fraction of sp³-hybridized carbons (Fsp3) is 0.278. The van der Waals surface area contributed by atoms with E-state index in [1.54, 1.807) is 12.3 Å². The first-order valence-electron chi connectivity index (χ1n) is 8.71. The summed E-state index contributed by atoms with van der Waals surface area (Å²) in [5.74, 6) is -0.370. The Kier molecular flexibility index (Phi) is 6.37. The number of alkyl halides is 3. The molecule has 0 fully saturated rings. The molecule has 162 valence electrons. The minimum absolute atomic E-state index is 0. The van der Waals surface area contributed by atoms with E-state index >= 15 is 0 Å². The maximum atomic E-state index is 12.4. The summed E-state index contributed by atoms with van der Waals surface area (Å²) in [7, 11) is 0. The SMILES string of the molecule is N#CCC[C@H](Nc1ccnc(-c2c[nH]c3ncc(Cl)cc23)n1)C(=O)NCC(F)(F)F.[HH].[HH].[HH]. The Hall–Kier alpha value is -3.39. The first-order valence-corrected chi connectivity index (χ1v) is 9.08. The van der Waals surface area contributed by atoms with E-state index in [2.05, 4.69) is 25.3 Å². The first kappa shape index (κ1) is 21.3. The molecule has 30 heavy (non-hydrogen) atoms. The highest BCUT2D eigenvalue weighted by molar-refractivity contribution is 6.31. The number of fused-ring (bicyclic) bond motifs is 1. The van der Waals surface area contributed by atoms with Crippen LogP contribution >= 0.6 is 11.6 Å². The molecular formula is C18H21ClF3N7O. The van der Waals surface area contributed by atoms with Gasteiger partial charge in [0, 0.05) is 40.2 Å². The zero-order chi connectivity index (χ0) is 21.7. The van der Waals surface area contributed by atoms with Gasteiger partial charge in [0.25, 0.3) is 0 Å². The van der Waals surface area contributed by atoms with E-state index in [1.165, 1.54) is 18.5 Å². The molecule has 3 aromatic heterocycles. The number of halogens is 4. The van der Waals surface area contributed by atoms with E-state index in [9.17, 15) is 18.0 Å². The van der Waals surface area contributed by atoms with Crippen LogP contribution in [0.1, 0.15) is 17.1 Å². The quantitative estimate of drug-likeness (QED) is 0.504. The Morgan fingerprint density at radius 3 is 2.93 bits per heavy atom. The number of aromatic amines is 1. The van der Waals surface area contributed by atoms with Gasteiger partial charge in [-0.05, 0) is 18.6 Å². The fourth-order valence-corrected chi connectivity index (χ4v) is 2.86. The summed E-state index contributed by atoms with van der Waals surface area (Å²) in [5, 5.41) is 14.5. The summed E-state index contributed by atoms with van der Waals surface area (Å²) < 4.78 is 37.2. The van der Waals surface area contributed by atoms with Crippen LogP contribution in [0, 0.1) is 11.3 Å². The van der Waals surface area contributed by atoms with Gasteiger partial charge in [-0.25, -0.2) is 15.0 Å². The lowest BCUT2D eigenvalue weighted by Crippen LogP contribution is -2.43. The third-order valence-corrected chi connectivity index (χ3v) is 4.25. The van der Waals surface area contributed by atoms with Crippen molar-refractivity contribution in [2.24, 2.45) is 0 Å². The normalized spacial score (nSPS) is 12.4. The number of hydrogen-bond acceptors (Lipinski definition) is 6. The Balaban J connectivity index is 0.00000341. The second-order valence-electron chi connectivity index (χ2n) is 6.24. The number of pyridine rings is 1. The number of rotatable bonds is 7. The highest BCUT2D eigenvalue weighted by atomic mass is 35.5. The van der Waals surface area contributed by atoms with Crippen molar-refractivity contribution in [1.82, 2.24) is 25.3 Å². The first-order chi connectivity index (χ1) is 14.3. The molecule has 0 saturated heterocycles. The van der Waals surface area contributed by atoms with Gasteiger partial charge in [-0.1, -0.05) is 11.6 Å². The zero-order valence-electron chi connectivity index (χ0n) is 15.3. The van der Waals surface area contributed by atoms with Crippen molar-refractivity contribution < 1.29 is 22.2 Å². The standard InChI is InChI=1S/C18H15ClF3N7O.3H2/c19-10-6-11-12(8-26-15(11)25-7-10)16-24-5-3-14(29-16)28-13(2-1-4-23)17(30)27-9-18(20,21)22;;;/h3,5-8,13H,1-2,9H2,(H,25,26)(H,27,30)(H,24,28,29);3*1H/t13-;;;/m0.../s1. The molecule has 8 nitrogen and oxygen atoms in total. The number of aromatic nitrogens is 4. The van der Waals surface area contributed by atoms with Crippen LogP contribution in [0.5, 0.6) is 0 Å². The van der Waals surface area contributed by atoms with Crippen molar-refractivity contribution in [2.75, 3.05) is 11.9 Å². The molecule has 0 spiro atoms. The van der Waals surface area contributed by atoms with E-state index in [-0.39, 0.29) is 22.9 Å². The fourth-order valence-electron chi connectivity index (χ4n) is 2.70. The van der Waals surface area contributed by atoms with Gasteiger partial charge in [-0.15, -0.1) is 0 Å². The summed E-state index contributed by atoms with van der Waals surface area (Å²) in [6.07, 6.45) is 0.0189. The van der Waals surface area contributed by atoms with Crippen LogP contribution in [0.25, 0.3) is 22.4 Å². The Labute approximate surface area is 178 Å². The summed E-state index contributed by atoms with van der Waals surface area (Å²) in [5.41, 5.74) is 1.19. The molecule has 0 aliphatic rings. The highest BCUT2D eigenvalue weighted by Crippen LogP contribution is 2.27. The Morgan fingerprint density at radius 1 is 1.40 bits per heavy atom. The largest absolute Gasteiger partial charge is 0.405 e. The molecule has 3 aromatic rings. The van der Waals surface area contributed by atoms with E-state index < -0.39 is 24.7 Å². The average molecular weight is 444 g/mol. The third kappa shape index (κ3) is 5.36.